The number of esters is 1. The normalized spacial score (nSPS) is 25.9. The van der Waals surface area contributed by atoms with E-state index in [1.54, 1.807) is 43.3 Å². The molecule has 0 saturated carbocycles. The minimum atomic E-state index is -1.32. The van der Waals surface area contributed by atoms with Gasteiger partial charge in [0.25, 0.3) is 5.91 Å². The average Bonchev–Trinajstić information content (AvgIpc) is 3.73. The topological polar surface area (TPSA) is 125 Å². The molecule has 0 aliphatic carbocycles. The number of allylic oxidation sites excluding steroid dienone is 1. The lowest BCUT2D eigenvalue weighted by Gasteiger charge is -2.39. The Morgan fingerprint density at radius 1 is 1.17 bits per heavy atom. The number of ether oxygens (including phenoxy) is 2. The van der Waals surface area contributed by atoms with Crippen LogP contribution in [0.4, 0.5) is 5.69 Å². The maximum atomic E-state index is 14.7. The number of benzene rings is 2. The minimum absolute atomic E-state index is 0.113. The molecule has 2 aromatic rings. The van der Waals surface area contributed by atoms with Crippen LogP contribution in [0.1, 0.15) is 57.6 Å². The first-order valence-electron chi connectivity index (χ1n) is 16.6. The van der Waals surface area contributed by atoms with Crippen LogP contribution in [0.15, 0.2) is 79.9 Å². The van der Waals surface area contributed by atoms with Gasteiger partial charge in [-0.25, -0.2) is 0 Å². The number of halogens is 1. The summed E-state index contributed by atoms with van der Waals surface area (Å²) >= 11 is 6.55. The molecule has 3 aliphatic heterocycles. The van der Waals surface area contributed by atoms with Gasteiger partial charge in [0.15, 0.2) is 0 Å². The second kappa shape index (κ2) is 15.1. The lowest BCUT2D eigenvalue weighted by atomic mass is 9.70. The third-order valence-electron chi connectivity index (χ3n) is 9.83. The van der Waals surface area contributed by atoms with Gasteiger partial charge in [0.2, 0.25) is 11.8 Å². The van der Waals surface area contributed by atoms with Crippen molar-refractivity contribution >= 4 is 41.0 Å². The van der Waals surface area contributed by atoms with Crippen molar-refractivity contribution in [1.82, 2.24) is 10.2 Å². The summed E-state index contributed by atoms with van der Waals surface area (Å²) in [6.45, 7) is 10.8. The van der Waals surface area contributed by atoms with Crippen LogP contribution in [-0.4, -0.2) is 76.7 Å². The van der Waals surface area contributed by atoms with Crippen molar-refractivity contribution in [2.75, 3.05) is 18.1 Å². The van der Waals surface area contributed by atoms with Crippen molar-refractivity contribution in [3.8, 4) is 0 Å². The molecule has 10 nitrogen and oxygen atoms in total. The number of nitrogens with zero attached hydrogens (tertiary/aromatic N) is 2. The van der Waals surface area contributed by atoms with E-state index in [2.05, 4.69) is 18.5 Å². The molecular formula is C37H44ClN3O7. The largest absolute Gasteiger partial charge is 0.455 e. The van der Waals surface area contributed by atoms with Gasteiger partial charge in [-0.05, 0) is 50.3 Å². The van der Waals surface area contributed by atoms with Gasteiger partial charge >= 0.3 is 5.97 Å². The number of likely N-dealkylation sites (tertiary alicyclic amines) is 1. The summed E-state index contributed by atoms with van der Waals surface area (Å²) in [4.78, 5) is 59.1. The Balaban J connectivity index is 1.50. The highest BCUT2D eigenvalue weighted by atomic mass is 35.5. The van der Waals surface area contributed by atoms with Gasteiger partial charge in [0.1, 0.15) is 17.7 Å². The molecule has 0 radical (unpaired) electrons. The van der Waals surface area contributed by atoms with Gasteiger partial charge in [0.05, 0.1) is 47.3 Å². The van der Waals surface area contributed by atoms with E-state index in [0.29, 0.717) is 42.0 Å². The maximum absolute atomic E-state index is 14.7. The van der Waals surface area contributed by atoms with Crippen LogP contribution in [0.3, 0.4) is 0 Å². The maximum Gasteiger partial charge on any atom is 0.313 e. The molecule has 2 aromatic carbocycles. The molecule has 0 unspecified atom stereocenters. The zero-order valence-corrected chi connectivity index (χ0v) is 28.2. The molecular weight excluding hydrogens is 634 g/mol. The van der Waals surface area contributed by atoms with Crippen LogP contribution in [0.5, 0.6) is 0 Å². The van der Waals surface area contributed by atoms with Crippen molar-refractivity contribution < 1.29 is 33.8 Å². The number of hydrogen-bond acceptors (Lipinski definition) is 7. The lowest BCUT2D eigenvalue weighted by Crippen LogP contribution is -2.59. The molecule has 1 spiro atoms. The molecule has 3 saturated heterocycles. The Hall–Kier alpha value is -3.99. The van der Waals surface area contributed by atoms with Crippen molar-refractivity contribution in [3.63, 3.8) is 0 Å². The quantitative estimate of drug-likeness (QED) is 0.206. The highest BCUT2D eigenvalue weighted by Crippen LogP contribution is 2.59. The molecule has 5 rings (SSSR count). The second-order valence-electron chi connectivity index (χ2n) is 12.7. The van der Waals surface area contributed by atoms with Gasteiger partial charge in [0, 0.05) is 13.0 Å². The number of carbonyl (C=O) groups is 4. The predicted molar refractivity (Wildman–Crippen MR) is 182 cm³/mol. The molecule has 3 heterocycles. The molecule has 256 valence electrons. The number of aliphatic hydroxyl groups excluding tert-OH is 1. The van der Waals surface area contributed by atoms with Crippen molar-refractivity contribution in [1.29, 1.82) is 0 Å². The van der Waals surface area contributed by atoms with E-state index in [1.807, 2.05) is 37.3 Å². The molecule has 3 fully saturated rings. The van der Waals surface area contributed by atoms with E-state index >= 15 is 0 Å². The minimum Gasteiger partial charge on any atom is -0.455 e. The molecule has 48 heavy (non-hydrogen) atoms. The summed E-state index contributed by atoms with van der Waals surface area (Å²) in [6.07, 6.45) is 3.67. The number of rotatable bonds is 15. The SMILES string of the molecule is C=CCCC(=O)N[C@H](C)[C@@H](OC(=O)[C@@H]1[C@@H]2CC[C@]3(O2)[C@H](C(=O)N(CC=C)c2ccccc2Cl)N([C@@H](CC)CO)C(=O)[C@@H]13)c1ccccc1. The van der Waals surface area contributed by atoms with E-state index in [0.717, 1.165) is 0 Å². The molecule has 8 atom stereocenters. The number of para-hydroxylation sites is 1. The first kappa shape index (κ1) is 35.3. The third-order valence-corrected chi connectivity index (χ3v) is 10.1. The zero-order chi connectivity index (χ0) is 34.6. The Morgan fingerprint density at radius 2 is 1.88 bits per heavy atom. The monoisotopic (exact) mass is 677 g/mol. The summed E-state index contributed by atoms with van der Waals surface area (Å²) in [7, 11) is 0. The Labute approximate surface area is 286 Å². The summed E-state index contributed by atoms with van der Waals surface area (Å²) in [5.41, 5.74) is -0.190. The van der Waals surface area contributed by atoms with Crippen LogP contribution < -0.4 is 10.2 Å². The average molecular weight is 678 g/mol. The predicted octanol–water partition coefficient (Wildman–Crippen LogP) is 4.76. The Kier molecular flexibility index (Phi) is 11.1. The van der Waals surface area contributed by atoms with Gasteiger partial charge < -0.3 is 29.7 Å². The van der Waals surface area contributed by atoms with Crippen LogP contribution in [0.2, 0.25) is 5.02 Å². The highest BCUT2D eigenvalue weighted by Gasteiger charge is 2.75. The lowest BCUT2D eigenvalue weighted by molar-refractivity contribution is -0.162. The standard InChI is InChI=1S/C37H44ClN3O7/c1-5-8-18-29(43)39-23(4)32(24-14-10-9-11-15-24)47-36(46)30-28-19-20-37(48-28)31(30)34(44)41(25(7-3)22-42)33(37)35(45)40(21-6-2)27-17-13-12-16-26(27)38/h5-6,9-17,23,25,28,30-33,42H,1-2,7-8,18-22H2,3-4H3,(H,39,43)/t23-,25+,28+,30-,31-,32-,33+,37-/m1/s1. The van der Waals surface area contributed by atoms with E-state index in [9.17, 15) is 24.3 Å². The number of fused-ring (bicyclic) bond motifs is 1. The summed E-state index contributed by atoms with van der Waals surface area (Å²) in [5, 5.41) is 13.7. The van der Waals surface area contributed by atoms with Gasteiger partial charge in [-0.3, -0.25) is 19.2 Å². The fourth-order valence-corrected chi connectivity index (χ4v) is 7.88. The summed E-state index contributed by atoms with van der Waals surface area (Å²) in [6, 6.07) is 13.6. The number of aliphatic hydroxyl groups is 1. The highest BCUT2D eigenvalue weighted by molar-refractivity contribution is 6.34. The fourth-order valence-electron chi connectivity index (χ4n) is 7.64. The van der Waals surface area contributed by atoms with Crippen LogP contribution in [0, 0.1) is 11.8 Å². The van der Waals surface area contributed by atoms with Gasteiger partial charge in [-0.15, -0.1) is 13.2 Å². The molecule has 11 heteroatoms. The van der Waals surface area contributed by atoms with Crippen LogP contribution in [0.25, 0.3) is 0 Å². The summed E-state index contributed by atoms with van der Waals surface area (Å²) < 4.78 is 12.8. The number of anilines is 1. The second-order valence-corrected chi connectivity index (χ2v) is 13.1. The van der Waals surface area contributed by atoms with Crippen molar-refractivity contribution in [3.05, 3.63) is 90.5 Å². The molecule has 2 bridgehead atoms. The van der Waals surface area contributed by atoms with E-state index < -0.39 is 65.6 Å². The van der Waals surface area contributed by atoms with E-state index in [1.165, 1.54) is 9.80 Å². The van der Waals surface area contributed by atoms with E-state index in [-0.39, 0.29) is 25.5 Å². The Morgan fingerprint density at radius 3 is 2.52 bits per heavy atom. The third kappa shape index (κ3) is 6.41. The smallest absolute Gasteiger partial charge is 0.313 e. The molecule has 3 amide bonds. The number of hydrogen-bond donors (Lipinski definition) is 2. The molecule has 0 aromatic heterocycles. The fraction of sp³-hybridized carbons (Fsp3) is 0.459. The van der Waals surface area contributed by atoms with Gasteiger partial charge in [-0.2, -0.15) is 0 Å². The van der Waals surface area contributed by atoms with Gasteiger partial charge in [-0.1, -0.05) is 73.1 Å². The first-order valence-corrected chi connectivity index (χ1v) is 16.9. The zero-order valence-electron chi connectivity index (χ0n) is 27.4. The van der Waals surface area contributed by atoms with E-state index in [4.69, 9.17) is 21.1 Å². The number of carbonyl (C=O) groups excluding carboxylic acids is 4. The summed E-state index contributed by atoms with van der Waals surface area (Å²) in [5.74, 6) is -3.71. The van der Waals surface area contributed by atoms with Crippen molar-refractivity contribution in [2.45, 2.75) is 81.9 Å². The Bertz CT molecular complexity index is 1530. The first-order chi connectivity index (χ1) is 23.1. The van der Waals surface area contributed by atoms with Crippen LogP contribution in [-0.2, 0) is 28.7 Å². The van der Waals surface area contributed by atoms with Crippen molar-refractivity contribution in [2.24, 2.45) is 11.8 Å². The number of nitrogens with one attached hydrogen (secondary N) is 1. The molecule has 3 aliphatic rings. The number of amides is 3. The molecule has 2 N–H and O–H groups in total. The van der Waals surface area contributed by atoms with Crippen LogP contribution >= 0.6 is 11.6 Å².